The van der Waals surface area contributed by atoms with Gasteiger partial charge in [-0.05, 0) is 20.8 Å². The normalized spacial score (nSPS) is 19.4. The number of hydrogen-bond acceptors (Lipinski definition) is 5. The summed E-state index contributed by atoms with van der Waals surface area (Å²) in [6, 6.07) is 3.68. The Balaban J connectivity index is 2.17. The van der Waals surface area contributed by atoms with E-state index in [2.05, 4.69) is 16.1 Å². The second-order valence-corrected chi connectivity index (χ2v) is 5.79. The number of ether oxygens (including phenoxy) is 1. The van der Waals surface area contributed by atoms with Gasteiger partial charge in [0.25, 0.3) is 5.56 Å². The van der Waals surface area contributed by atoms with Crippen LogP contribution in [0.5, 0.6) is 0 Å². The van der Waals surface area contributed by atoms with Gasteiger partial charge in [0.15, 0.2) is 0 Å². The summed E-state index contributed by atoms with van der Waals surface area (Å²) in [5, 5.41) is 12.9. The zero-order valence-corrected chi connectivity index (χ0v) is 12.2. The zero-order chi connectivity index (χ0) is 14.8. The SMILES string of the molecule is CC(C#N)Cn1ncc(N2CCOC(C)(C)C2)cc1=O. The molecule has 0 N–H and O–H groups in total. The van der Waals surface area contributed by atoms with Gasteiger partial charge in [-0.3, -0.25) is 4.79 Å². The Bertz CT molecular complexity index is 573. The molecule has 2 heterocycles. The summed E-state index contributed by atoms with van der Waals surface area (Å²) in [5.74, 6) is -0.228. The average molecular weight is 276 g/mol. The van der Waals surface area contributed by atoms with Crippen LogP contribution in [0.3, 0.4) is 0 Å². The summed E-state index contributed by atoms with van der Waals surface area (Å²) in [4.78, 5) is 14.1. The van der Waals surface area contributed by atoms with Crippen molar-refractivity contribution in [1.82, 2.24) is 9.78 Å². The van der Waals surface area contributed by atoms with Gasteiger partial charge in [-0.1, -0.05) is 0 Å². The van der Waals surface area contributed by atoms with Crippen LogP contribution in [0.2, 0.25) is 0 Å². The highest BCUT2D eigenvalue weighted by Crippen LogP contribution is 2.21. The molecule has 0 bridgehead atoms. The average Bonchev–Trinajstić information content (AvgIpc) is 2.39. The summed E-state index contributed by atoms with van der Waals surface area (Å²) in [6.07, 6.45) is 1.69. The molecule has 1 aliphatic heterocycles. The molecule has 1 unspecified atom stereocenters. The lowest BCUT2D eigenvalue weighted by atomic mass is 10.1. The Morgan fingerprint density at radius 3 is 2.95 bits per heavy atom. The zero-order valence-electron chi connectivity index (χ0n) is 12.2. The van der Waals surface area contributed by atoms with Crippen LogP contribution >= 0.6 is 0 Å². The minimum atomic E-state index is -0.228. The van der Waals surface area contributed by atoms with Crippen molar-refractivity contribution in [2.24, 2.45) is 5.92 Å². The van der Waals surface area contributed by atoms with Crippen LogP contribution in [0.15, 0.2) is 17.1 Å². The maximum Gasteiger partial charge on any atom is 0.268 e. The number of nitrogens with zero attached hydrogens (tertiary/aromatic N) is 4. The Morgan fingerprint density at radius 2 is 2.35 bits per heavy atom. The first-order chi connectivity index (χ1) is 9.41. The second-order valence-electron chi connectivity index (χ2n) is 5.79. The Labute approximate surface area is 118 Å². The molecule has 6 heteroatoms. The molecule has 1 atom stereocenters. The molecule has 20 heavy (non-hydrogen) atoms. The highest BCUT2D eigenvalue weighted by Gasteiger charge is 2.27. The van der Waals surface area contributed by atoms with Gasteiger partial charge in [0.05, 0.1) is 42.6 Å². The minimum absolute atomic E-state index is 0.172. The topological polar surface area (TPSA) is 71.2 Å². The van der Waals surface area contributed by atoms with Gasteiger partial charge in [-0.2, -0.15) is 10.4 Å². The van der Waals surface area contributed by atoms with Crippen LogP contribution in [-0.2, 0) is 11.3 Å². The molecule has 0 spiro atoms. The van der Waals surface area contributed by atoms with E-state index in [1.165, 1.54) is 4.68 Å². The molecule has 1 fully saturated rings. The fourth-order valence-corrected chi connectivity index (χ4v) is 2.27. The van der Waals surface area contributed by atoms with Crippen molar-refractivity contribution in [1.29, 1.82) is 5.26 Å². The largest absolute Gasteiger partial charge is 0.372 e. The molecule has 0 saturated carbocycles. The molecule has 1 aliphatic rings. The Morgan fingerprint density at radius 1 is 1.60 bits per heavy atom. The molecular weight excluding hydrogens is 256 g/mol. The molecule has 108 valence electrons. The van der Waals surface area contributed by atoms with Crippen molar-refractivity contribution in [3.8, 4) is 6.07 Å². The maximum absolute atomic E-state index is 12.0. The lowest BCUT2D eigenvalue weighted by Crippen LogP contribution is -2.48. The third-order valence-corrected chi connectivity index (χ3v) is 3.31. The summed E-state index contributed by atoms with van der Waals surface area (Å²) in [6.45, 7) is 8.28. The molecule has 2 rings (SSSR count). The van der Waals surface area contributed by atoms with Crippen molar-refractivity contribution in [2.45, 2.75) is 32.9 Å². The monoisotopic (exact) mass is 276 g/mol. The van der Waals surface area contributed by atoms with Crippen molar-refractivity contribution in [3.05, 3.63) is 22.6 Å². The highest BCUT2D eigenvalue weighted by atomic mass is 16.5. The van der Waals surface area contributed by atoms with Gasteiger partial charge < -0.3 is 9.64 Å². The fraction of sp³-hybridized carbons (Fsp3) is 0.643. The van der Waals surface area contributed by atoms with Crippen LogP contribution in [0, 0.1) is 17.2 Å². The Kier molecular flexibility index (Phi) is 4.09. The lowest BCUT2D eigenvalue weighted by Gasteiger charge is -2.39. The number of anilines is 1. The van der Waals surface area contributed by atoms with Crippen LogP contribution in [-0.4, -0.2) is 35.1 Å². The van der Waals surface area contributed by atoms with Crippen molar-refractivity contribution < 1.29 is 4.74 Å². The van der Waals surface area contributed by atoms with Gasteiger partial charge in [-0.25, -0.2) is 4.68 Å². The van der Waals surface area contributed by atoms with Crippen molar-refractivity contribution in [3.63, 3.8) is 0 Å². The van der Waals surface area contributed by atoms with E-state index in [9.17, 15) is 4.79 Å². The standard InChI is InChI=1S/C14H20N4O2/c1-11(7-15)9-18-13(19)6-12(8-16-18)17-4-5-20-14(2,3)10-17/h6,8,11H,4-5,9-10H2,1-3H3. The molecular formula is C14H20N4O2. The molecule has 0 radical (unpaired) electrons. The van der Waals surface area contributed by atoms with E-state index in [1.807, 2.05) is 13.8 Å². The number of rotatable bonds is 3. The summed E-state index contributed by atoms with van der Waals surface area (Å²) >= 11 is 0. The smallest absolute Gasteiger partial charge is 0.268 e. The molecule has 0 amide bonds. The summed E-state index contributed by atoms with van der Waals surface area (Å²) < 4.78 is 6.99. The van der Waals surface area contributed by atoms with E-state index in [0.717, 1.165) is 18.8 Å². The van der Waals surface area contributed by atoms with Crippen LogP contribution in [0.25, 0.3) is 0 Å². The van der Waals surface area contributed by atoms with Gasteiger partial charge in [-0.15, -0.1) is 0 Å². The molecule has 0 aromatic carbocycles. The van der Waals surface area contributed by atoms with Gasteiger partial charge in [0.2, 0.25) is 0 Å². The van der Waals surface area contributed by atoms with E-state index in [4.69, 9.17) is 10.00 Å². The quantitative estimate of drug-likeness (QED) is 0.824. The molecule has 1 aromatic rings. The van der Waals surface area contributed by atoms with Gasteiger partial charge >= 0.3 is 0 Å². The van der Waals surface area contributed by atoms with Crippen LogP contribution in [0.1, 0.15) is 20.8 Å². The predicted molar refractivity (Wildman–Crippen MR) is 75.5 cm³/mol. The van der Waals surface area contributed by atoms with E-state index in [1.54, 1.807) is 19.2 Å². The number of nitriles is 1. The lowest BCUT2D eigenvalue weighted by molar-refractivity contribution is -0.0277. The predicted octanol–water partition coefficient (Wildman–Crippen LogP) is 1.02. The number of hydrogen-bond donors (Lipinski definition) is 0. The summed E-state index contributed by atoms with van der Waals surface area (Å²) in [7, 11) is 0. The van der Waals surface area contributed by atoms with Gasteiger partial charge in [0.1, 0.15) is 0 Å². The highest BCUT2D eigenvalue weighted by molar-refractivity contribution is 5.43. The van der Waals surface area contributed by atoms with Gasteiger partial charge in [0, 0.05) is 19.2 Å². The first-order valence-corrected chi connectivity index (χ1v) is 6.77. The first kappa shape index (κ1) is 14.5. The van der Waals surface area contributed by atoms with Crippen LogP contribution < -0.4 is 10.5 Å². The molecule has 1 aromatic heterocycles. The number of morpholine rings is 1. The third-order valence-electron chi connectivity index (χ3n) is 3.31. The first-order valence-electron chi connectivity index (χ1n) is 6.77. The van der Waals surface area contributed by atoms with Crippen molar-refractivity contribution >= 4 is 5.69 Å². The molecule has 1 saturated heterocycles. The van der Waals surface area contributed by atoms with Crippen molar-refractivity contribution in [2.75, 3.05) is 24.6 Å². The number of aromatic nitrogens is 2. The second kappa shape index (κ2) is 5.63. The van der Waals surface area contributed by atoms with E-state index < -0.39 is 0 Å². The minimum Gasteiger partial charge on any atom is -0.372 e. The molecule has 0 aliphatic carbocycles. The van der Waals surface area contributed by atoms with E-state index >= 15 is 0 Å². The third kappa shape index (κ3) is 3.36. The van der Waals surface area contributed by atoms with E-state index in [0.29, 0.717) is 13.2 Å². The summed E-state index contributed by atoms with van der Waals surface area (Å²) in [5.41, 5.74) is 0.420. The fourth-order valence-electron chi connectivity index (χ4n) is 2.27. The van der Waals surface area contributed by atoms with Crippen LogP contribution in [0.4, 0.5) is 5.69 Å². The Hall–Kier alpha value is -1.87. The van der Waals surface area contributed by atoms with E-state index in [-0.39, 0.29) is 17.1 Å². The maximum atomic E-state index is 12.0. The molecule has 6 nitrogen and oxygen atoms in total.